The van der Waals surface area contributed by atoms with Gasteiger partial charge in [0.05, 0.1) is 10.7 Å². The van der Waals surface area contributed by atoms with Crippen molar-refractivity contribution in [3.8, 4) is 0 Å². The Morgan fingerprint density at radius 2 is 2.36 bits per heavy atom. The second-order valence-electron chi connectivity index (χ2n) is 3.33. The van der Waals surface area contributed by atoms with Gasteiger partial charge in [-0.05, 0) is 32.1 Å². The molecule has 1 aromatic rings. The zero-order chi connectivity index (χ0) is 7.84. The molecule has 0 bridgehead atoms. The Balaban J connectivity index is 2.43. The number of aromatic nitrogens is 1. The van der Waals surface area contributed by atoms with E-state index in [-0.39, 0.29) is 0 Å². The van der Waals surface area contributed by atoms with Crippen LogP contribution < -0.4 is 0 Å². The molecule has 0 fully saturated rings. The molecule has 1 unspecified atom stereocenters. The molecule has 2 rings (SSSR count). The van der Waals surface area contributed by atoms with Crippen molar-refractivity contribution in [2.45, 2.75) is 39.0 Å². The van der Waals surface area contributed by atoms with Crippen LogP contribution in [-0.4, -0.2) is 4.98 Å². The highest BCUT2D eigenvalue weighted by atomic mass is 32.1. The van der Waals surface area contributed by atoms with Crippen LogP contribution >= 0.6 is 11.3 Å². The Hall–Kier alpha value is -0.370. The Morgan fingerprint density at radius 1 is 1.55 bits per heavy atom. The molecular formula is C9H13NS. The predicted molar refractivity (Wildman–Crippen MR) is 48.2 cm³/mol. The van der Waals surface area contributed by atoms with Crippen LogP contribution in [0.1, 0.15) is 41.3 Å². The van der Waals surface area contributed by atoms with E-state index in [1.165, 1.54) is 30.0 Å². The molecule has 1 aliphatic rings. The molecule has 2 heteroatoms. The Labute approximate surface area is 71.5 Å². The van der Waals surface area contributed by atoms with E-state index in [2.05, 4.69) is 18.8 Å². The van der Waals surface area contributed by atoms with Crippen molar-refractivity contribution in [1.29, 1.82) is 0 Å². The monoisotopic (exact) mass is 167 g/mol. The van der Waals surface area contributed by atoms with Gasteiger partial charge in [-0.15, -0.1) is 11.3 Å². The molecule has 1 aromatic heterocycles. The van der Waals surface area contributed by atoms with Gasteiger partial charge in [-0.1, -0.05) is 6.92 Å². The van der Waals surface area contributed by atoms with Crippen LogP contribution in [0.25, 0.3) is 0 Å². The van der Waals surface area contributed by atoms with Crippen LogP contribution in [0.15, 0.2) is 0 Å². The minimum Gasteiger partial charge on any atom is -0.246 e. The number of hydrogen-bond donors (Lipinski definition) is 0. The second kappa shape index (κ2) is 2.59. The highest BCUT2D eigenvalue weighted by Crippen LogP contribution is 2.33. The molecule has 1 nitrogen and oxygen atoms in total. The normalized spacial score (nSPS) is 23.3. The summed E-state index contributed by atoms with van der Waals surface area (Å²) in [5.74, 6) is 0.712. The lowest BCUT2D eigenvalue weighted by Gasteiger charge is -2.15. The lowest BCUT2D eigenvalue weighted by molar-refractivity contribution is 0.583. The Bertz CT molecular complexity index is 265. The molecule has 0 aromatic carbocycles. The van der Waals surface area contributed by atoms with Gasteiger partial charge in [-0.2, -0.15) is 0 Å². The third-order valence-electron chi connectivity index (χ3n) is 2.34. The molecule has 0 amide bonds. The first-order valence-electron chi connectivity index (χ1n) is 4.23. The van der Waals surface area contributed by atoms with Crippen molar-refractivity contribution in [1.82, 2.24) is 4.98 Å². The van der Waals surface area contributed by atoms with Gasteiger partial charge in [0.1, 0.15) is 0 Å². The van der Waals surface area contributed by atoms with Crippen molar-refractivity contribution in [3.63, 3.8) is 0 Å². The Kier molecular flexibility index (Phi) is 1.72. The standard InChI is InChI=1S/C9H13NS/c1-6-4-3-5-8-9(6)10-7(2)11-8/h6H,3-5H2,1-2H3. The van der Waals surface area contributed by atoms with Crippen LogP contribution in [-0.2, 0) is 6.42 Å². The highest BCUT2D eigenvalue weighted by Gasteiger charge is 2.19. The van der Waals surface area contributed by atoms with E-state index in [9.17, 15) is 0 Å². The molecule has 60 valence electrons. The largest absolute Gasteiger partial charge is 0.246 e. The third kappa shape index (κ3) is 1.20. The van der Waals surface area contributed by atoms with Crippen molar-refractivity contribution in [2.75, 3.05) is 0 Å². The third-order valence-corrected chi connectivity index (χ3v) is 3.39. The molecule has 0 spiro atoms. The van der Waals surface area contributed by atoms with Gasteiger partial charge in [0.15, 0.2) is 0 Å². The van der Waals surface area contributed by atoms with E-state index in [0.717, 1.165) is 0 Å². The average molecular weight is 167 g/mol. The average Bonchev–Trinajstić information content (AvgIpc) is 2.31. The van der Waals surface area contributed by atoms with Gasteiger partial charge in [0.2, 0.25) is 0 Å². The smallest absolute Gasteiger partial charge is 0.0900 e. The van der Waals surface area contributed by atoms with Gasteiger partial charge >= 0.3 is 0 Å². The zero-order valence-electron chi connectivity index (χ0n) is 7.05. The van der Waals surface area contributed by atoms with Crippen molar-refractivity contribution in [2.24, 2.45) is 0 Å². The molecule has 0 aliphatic heterocycles. The molecule has 1 atom stereocenters. The van der Waals surface area contributed by atoms with E-state index in [0.29, 0.717) is 5.92 Å². The first-order valence-corrected chi connectivity index (χ1v) is 5.05. The summed E-state index contributed by atoms with van der Waals surface area (Å²) in [6, 6.07) is 0. The number of hydrogen-bond acceptors (Lipinski definition) is 2. The number of thiazole rings is 1. The topological polar surface area (TPSA) is 12.9 Å². The second-order valence-corrected chi connectivity index (χ2v) is 4.62. The van der Waals surface area contributed by atoms with Gasteiger partial charge in [-0.3, -0.25) is 0 Å². The quantitative estimate of drug-likeness (QED) is 0.579. The zero-order valence-corrected chi connectivity index (χ0v) is 7.87. The molecule has 1 aliphatic carbocycles. The van der Waals surface area contributed by atoms with Crippen LogP contribution in [0.4, 0.5) is 0 Å². The maximum absolute atomic E-state index is 4.55. The lowest BCUT2D eigenvalue weighted by atomic mass is 9.93. The summed E-state index contributed by atoms with van der Waals surface area (Å²) in [7, 11) is 0. The van der Waals surface area contributed by atoms with Gasteiger partial charge < -0.3 is 0 Å². The first kappa shape index (κ1) is 7.29. The predicted octanol–water partition coefficient (Wildman–Crippen LogP) is 2.89. The lowest BCUT2D eigenvalue weighted by Crippen LogP contribution is -2.04. The van der Waals surface area contributed by atoms with E-state index in [1.807, 2.05) is 11.3 Å². The van der Waals surface area contributed by atoms with Crippen molar-refractivity contribution < 1.29 is 0 Å². The molecule has 0 radical (unpaired) electrons. The SMILES string of the molecule is Cc1nc2c(s1)CCCC2C. The van der Waals surface area contributed by atoms with Gasteiger partial charge in [0.25, 0.3) is 0 Å². The molecular weight excluding hydrogens is 154 g/mol. The summed E-state index contributed by atoms with van der Waals surface area (Å²) in [5, 5.41) is 1.24. The van der Waals surface area contributed by atoms with Crippen molar-refractivity contribution >= 4 is 11.3 Å². The maximum atomic E-state index is 4.55. The fourth-order valence-corrected chi connectivity index (χ4v) is 2.85. The van der Waals surface area contributed by atoms with Gasteiger partial charge in [-0.25, -0.2) is 4.98 Å². The van der Waals surface area contributed by atoms with Crippen LogP contribution in [0.5, 0.6) is 0 Å². The summed E-state index contributed by atoms with van der Waals surface area (Å²) in [6.45, 7) is 4.40. The molecule has 0 N–H and O–H groups in total. The minimum atomic E-state index is 0.712. The molecule has 11 heavy (non-hydrogen) atoms. The summed E-state index contributed by atoms with van der Waals surface area (Å²) in [6.07, 6.45) is 3.96. The summed E-state index contributed by atoms with van der Waals surface area (Å²) in [4.78, 5) is 6.09. The summed E-state index contributed by atoms with van der Waals surface area (Å²) >= 11 is 1.88. The fraction of sp³-hybridized carbons (Fsp3) is 0.667. The highest BCUT2D eigenvalue weighted by molar-refractivity contribution is 7.11. The van der Waals surface area contributed by atoms with Gasteiger partial charge in [0, 0.05) is 4.88 Å². The maximum Gasteiger partial charge on any atom is 0.0900 e. The number of fused-ring (bicyclic) bond motifs is 1. The minimum absolute atomic E-state index is 0.712. The van der Waals surface area contributed by atoms with E-state index in [1.54, 1.807) is 4.88 Å². The molecule has 1 heterocycles. The number of nitrogens with zero attached hydrogens (tertiary/aromatic N) is 1. The van der Waals surface area contributed by atoms with E-state index < -0.39 is 0 Å². The first-order chi connectivity index (χ1) is 5.27. The van der Waals surface area contributed by atoms with Crippen LogP contribution in [0.2, 0.25) is 0 Å². The van der Waals surface area contributed by atoms with Crippen LogP contribution in [0.3, 0.4) is 0 Å². The van der Waals surface area contributed by atoms with Crippen LogP contribution in [0, 0.1) is 6.92 Å². The summed E-state index contributed by atoms with van der Waals surface area (Å²) < 4.78 is 0. The number of rotatable bonds is 0. The number of aryl methyl sites for hydroxylation is 2. The van der Waals surface area contributed by atoms with E-state index >= 15 is 0 Å². The summed E-state index contributed by atoms with van der Waals surface area (Å²) in [5.41, 5.74) is 1.39. The molecule has 0 saturated heterocycles. The fourth-order valence-electron chi connectivity index (χ4n) is 1.76. The Morgan fingerprint density at radius 3 is 3.09 bits per heavy atom. The molecule has 0 saturated carbocycles. The van der Waals surface area contributed by atoms with Crippen molar-refractivity contribution in [3.05, 3.63) is 15.6 Å². The van der Waals surface area contributed by atoms with E-state index in [4.69, 9.17) is 0 Å².